The maximum absolute atomic E-state index is 12.8. The summed E-state index contributed by atoms with van der Waals surface area (Å²) in [6, 6.07) is 4.42. The Hall–Kier alpha value is -1.05. The Bertz CT molecular complexity index is 592. The van der Waals surface area contributed by atoms with E-state index in [1.54, 1.807) is 13.8 Å². The third kappa shape index (κ3) is 4.99. The van der Waals surface area contributed by atoms with Crippen molar-refractivity contribution in [1.29, 1.82) is 0 Å². The normalized spacial score (nSPS) is 12.6. The number of halogens is 2. The van der Waals surface area contributed by atoms with Crippen LogP contribution in [0, 0.1) is 0 Å². The summed E-state index contributed by atoms with van der Waals surface area (Å²) in [5.41, 5.74) is -5.71. The molecule has 0 bridgehead atoms. The van der Waals surface area contributed by atoms with Crippen molar-refractivity contribution in [3.63, 3.8) is 0 Å². The third-order valence-electron chi connectivity index (χ3n) is 3.51. The Kier molecular flexibility index (Phi) is 7.76. The Morgan fingerprint density at radius 1 is 1.08 bits per heavy atom. The number of aliphatic hydroxyl groups is 2. The van der Waals surface area contributed by atoms with E-state index in [-0.39, 0.29) is 16.9 Å². The summed E-state index contributed by atoms with van der Waals surface area (Å²) in [5.74, 6) is -0.811. The average molecular weight is 396 g/mol. The molecular formula is C17H27Cl2NO5. The van der Waals surface area contributed by atoms with Crippen molar-refractivity contribution in [3.05, 3.63) is 28.2 Å². The van der Waals surface area contributed by atoms with E-state index in [0.29, 0.717) is 5.02 Å². The summed E-state index contributed by atoms with van der Waals surface area (Å²) < 4.78 is 11.1. The number of carbonyl (C=O) groups is 1. The van der Waals surface area contributed by atoms with Crippen molar-refractivity contribution < 1.29 is 24.5 Å². The fourth-order valence-electron chi connectivity index (χ4n) is 2.56. The van der Waals surface area contributed by atoms with E-state index < -0.39 is 28.9 Å². The molecule has 0 aliphatic carbocycles. The van der Waals surface area contributed by atoms with Crippen LogP contribution >= 0.6 is 23.2 Å². The van der Waals surface area contributed by atoms with Gasteiger partial charge in [-0.1, -0.05) is 23.2 Å². The highest BCUT2D eigenvalue weighted by Gasteiger charge is 2.64. The number of esters is 1. The molecule has 0 aromatic heterocycles. The van der Waals surface area contributed by atoms with Gasteiger partial charge in [0.2, 0.25) is 0 Å². The van der Waals surface area contributed by atoms with Crippen molar-refractivity contribution in [2.75, 3.05) is 0 Å². The van der Waals surface area contributed by atoms with E-state index in [2.05, 4.69) is 0 Å². The van der Waals surface area contributed by atoms with Gasteiger partial charge in [-0.2, -0.15) is 0 Å². The van der Waals surface area contributed by atoms with Crippen molar-refractivity contribution in [1.82, 2.24) is 6.15 Å². The Morgan fingerprint density at radius 2 is 1.56 bits per heavy atom. The van der Waals surface area contributed by atoms with Crippen molar-refractivity contribution in [3.8, 4) is 5.75 Å². The number of carbonyl (C=O) groups excluding carboxylic acids is 1. The molecular weight excluding hydrogens is 369 g/mol. The lowest BCUT2D eigenvalue weighted by Crippen LogP contribution is -2.72. The zero-order valence-corrected chi connectivity index (χ0v) is 16.9. The highest BCUT2D eigenvalue weighted by Crippen LogP contribution is 2.41. The lowest BCUT2D eigenvalue weighted by molar-refractivity contribution is -0.228. The molecule has 0 fully saturated rings. The fraction of sp³-hybridized carbons (Fsp3) is 0.588. The van der Waals surface area contributed by atoms with Gasteiger partial charge in [-0.25, -0.2) is 4.79 Å². The van der Waals surface area contributed by atoms with Gasteiger partial charge in [0.05, 0.1) is 11.1 Å². The monoisotopic (exact) mass is 395 g/mol. The lowest BCUT2D eigenvalue weighted by Gasteiger charge is -2.48. The van der Waals surface area contributed by atoms with E-state index in [4.69, 9.17) is 32.7 Å². The van der Waals surface area contributed by atoms with Crippen LogP contribution in [0.3, 0.4) is 0 Å². The van der Waals surface area contributed by atoms with Gasteiger partial charge < -0.3 is 25.8 Å². The molecule has 0 saturated heterocycles. The van der Waals surface area contributed by atoms with Gasteiger partial charge in [0, 0.05) is 5.02 Å². The Balaban J connectivity index is 0.00000576. The van der Waals surface area contributed by atoms with Crippen LogP contribution in [0.2, 0.25) is 10.0 Å². The molecule has 144 valence electrons. The van der Waals surface area contributed by atoms with Crippen LogP contribution in [-0.2, 0) is 9.53 Å². The third-order valence-corrected chi connectivity index (χ3v) is 4.04. The number of benzene rings is 1. The predicted molar refractivity (Wildman–Crippen MR) is 98.7 cm³/mol. The maximum atomic E-state index is 12.8. The van der Waals surface area contributed by atoms with Crippen LogP contribution in [0.4, 0.5) is 0 Å². The molecule has 1 aromatic rings. The molecule has 8 heteroatoms. The van der Waals surface area contributed by atoms with Crippen molar-refractivity contribution in [2.24, 2.45) is 0 Å². The topological polar surface area (TPSA) is 111 Å². The quantitative estimate of drug-likeness (QED) is 0.632. The molecule has 0 heterocycles. The first-order valence-electron chi connectivity index (χ1n) is 7.52. The summed E-state index contributed by atoms with van der Waals surface area (Å²) in [7, 11) is 0. The molecule has 0 aliphatic rings. The summed E-state index contributed by atoms with van der Waals surface area (Å²) in [4.78, 5) is 12.8. The minimum absolute atomic E-state index is 0. The van der Waals surface area contributed by atoms with Gasteiger partial charge in [0.15, 0.2) is 0 Å². The smallest absolute Gasteiger partial charge is 0.356 e. The average Bonchev–Trinajstić information content (AvgIpc) is 2.33. The molecule has 0 saturated carbocycles. The molecule has 0 atom stereocenters. The second kappa shape index (κ2) is 8.10. The predicted octanol–water partition coefficient (Wildman–Crippen LogP) is 3.77. The summed E-state index contributed by atoms with van der Waals surface area (Å²) in [5, 5.41) is 21.9. The molecule has 5 N–H and O–H groups in total. The number of hydrogen-bond acceptors (Lipinski definition) is 6. The molecule has 6 nitrogen and oxygen atoms in total. The molecule has 1 rings (SSSR count). The first-order chi connectivity index (χ1) is 10.7. The zero-order valence-electron chi connectivity index (χ0n) is 15.4. The Labute approximate surface area is 158 Å². The second-order valence-corrected chi connectivity index (χ2v) is 7.77. The van der Waals surface area contributed by atoms with Gasteiger partial charge in [-0.15, -0.1) is 0 Å². The van der Waals surface area contributed by atoms with E-state index in [1.165, 1.54) is 45.9 Å². The first kappa shape index (κ1) is 23.9. The number of ether oxygens (including phenoxy) is 2. The minimum atomic E-state index is -2.12. The summed E-state index contributed by atoms with van der Waals surface area (Å²) in [6.07, 6.45) is -0.467. The van der Waals surface area contributed by atoms with E-state index in [1.807, 2.05) is 0 Å². The largest absolute Gasteiger partial charge is 0.468 e. The zero-order chi connectivity index (χ0) is 18.9. The van der Waals surface area contributed by atoms with Crippen LogP contribution in [-0.4, -0.2) is 39.1 Å². The number of rotatable bonds is 6. The second-order valence-electron chi connectivity index (χ2n) is 6.93. The lowest BCUT2D eigenvalue weighted by atomic mass is 9.73. The van der Waals surface area contributed by atoms with E-state index in [0.717, 1.165) is 0 Å². The van der Waals surface area contributed by atoms with Gasteiger partial charge >= 0.3 is 5.97 Å². The van der Waals surface area contributed by atoms with E-state index in [9.17, 15) is 15.0 Å². The summed E-state index contributed by atoms with van der Waals surface area (Å²) >= 11 is 12.0. The molecule has 0 radical (unpaired) electrons. The highest BCUT2D eigenvalue weighted by molar-refractivity contribution is 6.35. The Morgan fingerprint density at radius 3 is 1.92 bits per heavy atom. The van der Waals surface area contributed by atoms with Gasteiger partial charge in [-0.05, 0) is 59.7 Å². The fourth-order valence-corrected chi connectivity index (χ4v) is 3.01. The van der Waals surface area contributed by atoms with Crippen LogP contribution < -0.4 is 10.9 Å². The van der Waals surface area contributed by atoms with E-state index >= 15 is 0 Å². The van der Waals surface area contributed by atoms with Crippen LogP contribution in [0.25, 0.3) is 0 Å². The highest BCUT2D eigenvalue weighted by atomic mass is 35.5. The SMILES string of the molecule is CC(C)OC(=O)C(Oc1ccc(Cl)cc1Cl)(C(C)(C)O)C(C)(C)O.N. The van der Waals surface area contributed by atoms with Crippen molar-refractivity contribution >= 4 is 29.2 Å². The molecule has 0 aliphatic heterocycles. The molecule has 25 heavy (non-hydrogen) atoms. The molecule has 1 aromatic carbocycles. The molecule has 0 unspecified atom stereocenters. The standard InChI is InChI=1S/C17H24Cl2O5.H3N/c1-10(2)23-14(20)17(15(3,4)21,16(5,6)22)24-13-8-7-11(18)9-12(13)19;/h7-10,21-22H,1-6H3;1H3. The molecule has 0 amide bonds. The summed E-state index contributed by atoms with van der Waals surface area (Å²) in [6.45, 7) is 8.75. The minimum Gasteiger partial charge on any atom is -0.468 e. The maximum Gasteiger partial charge on any atom is 0.356 e. The van der Waals surface area contributed by atoms with Gasteiger partial charge in [0.1, 0.15) is 17.0 Å². The van der Waals surface area contributed by atoms with Crippen LogP contribution in [0.15, 0.2) is 18.2 Å². The molecule has 0 spiro atoms. The first-order valence-corrected chi connectivity index (χ1v) is 8.28. The van der Waals surface area contributed by atoms with Gasteiger partial charge in [-0.3, -0.25) is 0 Å². The van der Waals surface area contributed by atoms with Crippen LogP contribution in [0.1, 0.15) is 41.5 Å². The van der Waals surface area contributed by atoms with Crippen molar-refractivity contribution in [2.45, 2.75) is 64.4 Å². The van der Waals surface area contributed by atoms with Crippen LogP contribution in [0.5, 0.6) is 5.75 Å². The van der Waals surface area contributed by atoms with Gasteiger partial charge in [0.25, 0.3) is 5.60 Å². The number of hydrogen-bond donors (Lipinski definition) is 3.